The Morgan fingerprint density at radius 3 is 2.21 bits per heavy atom. The number of nitrogens with zero attached hydrogens (tertiary/aromatic N) is 1. The van der Waals surface area contributed by atoms with Crippen LogP contribution in [0, 0.1) is 6.92 Å². The summed E-state index contributed by atoms with van der Waals surface area (Å²) in [6.07, 6.45) is 2.90. The Labute approximate surface area is 143 Å². The topological polar surface area (TPSA) is 30.0 Å². The fourth-order valence-electron chi connectivity index (χ4n) is 2.86. The number of hydrogen-bond acceptors (Lipinski definition) is 2. The van der Waals surface area contributed by atoms with Crippen molar-refractivity contribution in [3.05, 3.63) is 101 Å². The quantitative estimate of drug-likeness (QED) is 0.669. The molecule has 3 aromatic rings. The molecule has 120 valence electrons. The predicted octanol–water partition coefficient (Wildman–Crippen LogP) is 4.53. The summed E-state index contributed by atoms with van der Waals surface area (Å²) < 4.78 is 0. The molecule has 1 unspecified atom stereocenters. The summed E-state index contributed by atoms with van der Waals surface area (Å²) in [5, 5.41) is 0. The Morgan fingerprint density at radius 2 is 1.58 bits per heavy atom. The van der Waals surface area contributed by atoms with Crippen molar-refractivity contribution in [2.75, 3.05) is 0 Å². The van der Waals surface area contributed by atoms with Crippen molar-refractivity contribution >= 4 is 5.78 Å². The lowest BCUT2D eigenvalue weighted by atomic mass is 9.86. The maximum absolute atomic E-state index is 13.0. The average Bonchev–Trinajstić information content (AvgIpc) is 2.63. The molecule has 0 aliphatic heterocycles. The first-order valence-corrected chi connectivity index (χ1v) is 8.25. The minimum Gasteiger partial charge on any atom is -0.299 e. The highest BCUT2D eigenvalue weighted by Gasteiger charge is 2.21. The molecule has 0 fully saturated rings. The van der Waals surface area contributed by atoms with Crippen molar-refractivity contribution in [3.8, 4) is 0 Å². The number of benzene rings is 2. The molecule has 2 nitrogen and oxygen atoms in total. The van der Waals surface area contributed by atoms with Crippen molar-refractivity contribution in [2.24, 2.45) is 0 Å². The van der Waals surface area contributed by atoms with Gasteiger partial charge in [-0.25, -0.2) is 0 Å². The van der Waals surface area contributed by atoms with Crippen LogP contribution >= 0.6 is 0 Å². The van der Waals surface area contributed by atoms with Crippen LogP contribution in [-0.4, -0.2) is 10.8 Å². The van der Waals surface area contributed by atoms with Crippen LogP contribution in [0.15, 0.2) is 79.0 Å². The molecule has 0 saturated heterocycles. The SMILES string of the molecule is Cc1ccc(CC(=O)C(Cc2ccccc2)c2ccccc2)nc1. The minimum absolute atomic E-state index is 0.142. The number of carbonyl (C=O) groups excluding carboxylic acids is 1. The van der Waals surface area contributed by atoms with Gasteiger partial charge in [-0.1, -0.05) is 66.7 Å². The number of Topliss-reactive ketones (excluding diaryl/α,β-unsaturated/α-hetero) is 1. The molecule has 0 saturated carbocycles. The van der Waals surface area contributed by atoms with E-state index in [4.69, 9.17) is 0 Å². The van der Waals surface area contributed by atoms with Gasteiger partial charge in [-0.15, -0.1) is 0 Å². The molecular weight excluding hydrogens is 294 g/mol. The number of aryl methyl sites for hydroxylation is 1. The summed E-state index contributed by atoms with van der Waals surface area (Å²) in [5.41, 5.74) is 4.18. The van der Waals surface area contributed by atoms with Gasteiger partial charge in [0, 0.05) is 24.2 Å². The van der Waals surface area contributed by atoms with Crippen molar-refractivity contribution in [2.45, 2.75) is 25.7 Å². The zero-order chi connectivity index (χ0) is 16.8. The largest absolute Gasteiger partial charge is 0.299 e. The summed E-state index contributed by atoms with van der Waals surface area (Å²) in [5.74, 6) is 0.0677. The Bertz CT molecular complexity index is 779. The summed E-state index contributed by atoms with van der Waals surface area (Å²) in [4.78, 5) is 17.3. The highest BCUT2D eigenvalue weighted by Crippen LogP contribution is 2.23. The van der Waals surface area contributed by atoms with Gasteiger partial charge in [0.25, 0.3) is 0 Å². The van der Waals surface area contributed by atoms with E-state index in [9.17, 15) is 4.79 Å². The van der Waals surface area contributed by atoms with Gasteiger partial charge in [-0.05, 0) is 36.1 Å². The number of pyridine rings is 1. The van der Waals surface area contributed by atoms with Crippen molar-refractivity contribution in [1.82, 2.24) is 4.98 Å². The summed E-state index contributed by atoms with van der Waals surface area (Å²) >= 11 is 0. The number of rotatable bonds is 6. The number of hydrogen-bond donors (Lipinski definition) is 0. The summed E-state index contributed by atoms with van der Waals surface area (Å²) in [6, 6.07) is 24.2. The Hall–Kier alpha value is -2.74. The molecule has 0 bridgehead atoms. The van der Waals surface area contributed by atoms with E-state index >= 15 is 0 Å². The first-order valence-electron chi connectivity index (χ1n) is 8.25. The first kappa shape index (κ1) is 16.1. The lowest BCUT2D eigenvalue weighted by Crippen LogP contribution is -2.18. The standard InChI is InChI=1S/C22H21NO/c1-17-12-13-20(23-16-17)15-22(24)21(19-10-6-3-7-11-19)14-18-8-4-2-5-9-18/h2-13,16,21H,14-15H2,1H3. The molecule has 24 heavy (non-hydrogen) atoms. The average molecular weight is 315 g/mol. The smallest absolute Gasteiger partial charge is 0.146 e. The van der Waals surface area contributed by atoms with Crippen LogP contribution in [0.1, 0.15) is 28.3 Å². The van der Waals surface area contributed by atoms with E-state index in [1.165, 1.54) is 5.56 Å². The van der Waals surface area contributed by atoms with Gasteiger partial charge in [0.15, 0.2) is 0 Å². The van der Waals surface area contributed by atoms with Gasteiger partial charge in [0.05, 0.1) is 0 Å². The maximum atomic E-state index is 13.0. The van der Waals surface area contributed by atoms with Gasteiger partial charge >= 0.3 is 0 Å². The monoisotopic (exact) mass is 315 g/mol. The molecule has 0 N–H and O–H groups in total. The Morgan fingerprint density at radius 1 is 0.917 bits per heavy atom. The lowest BCUT2D eigenvalue weighted by molar-refractivity contribution is -0.119. The van der Waals surface area contributed by atoms with E-state index in [2.05, 4.69) is 17.1 Å². The van der Waals surface area contributed by atoms with Crippen molar-refractivity contribution < 1.29 is 4.79 Å². The van der Waals surface area contributed by atoms with E-state index in [1.54, 1.807) is 0 Å². The summed E-state index contributed by atoms with van der Waals surface area (Å²) in [7, 11) is 0. The van der Waals surface area contributed by atoms with E-state index in [-0.39, 0.29) is 11.7 Å². The highest BCUT2D eigenvalue weighted by molar-refractivity contribution is 5.87. The molecule has 0 aliphatic carbocycles. The van der Waals surface area contributed by atoms with Gasteiger partial charge in [-0.2, -0.15) is 0 Å². The molecule has 2 aromatic carbocycles. The third kappa shape index (κ3) is 4.17. The molecule has 0 radical (unpaired) electrons. The zero-order valence-electron chi connectivity index (χ0n) is 13.9. The predicted molar refractivity (Wildman–Crippen MR) is 97.0 cm³/mol. The van der Waals surface area contributed by atoms with Crippen LogP contribution in [0.4, 0.5) is 0 Å². The van der Waals surface area contributed by atoms with Crippen LogP contribution in [0.3, 0.4) is 0 Å². The van der Waals surface area contributed by atoms with Gasteiger partial charge in [0.1, 0.15) is 5.78 Å². The molecule has 1 heterocycles. The second-order valence-electron chi connectivity index (χ2n) is 6.12. The molecule has 0 aliphatic rings. The third-order valence-corrected chi connectivity index (χ3v) is 4.20. The van der Waals surface area contributed by atoms with E-state index in [0.717, 1.165) is 23.2 Å². The van der Waals surface area contributed by atoms with Crippen LogP contribution in [-0.2, 0) is 17.6 Å². The Kier molecular flexibility index (Phi) is 5.17. The van der Waals surface area contributed by atoms with E-state index in [0.29, 0.717) is 6.42 Å². The highest BCUT2D eigenvalue weighted by atomic mass is 16.1. The molecular formula is C22H21NO. The van der Waals surface area contributed by atoms with E-state index < -0.39 is 0 Å². The van der Waals surface area contributed by atoms with Crippen molar-refractivity contribution in [3.63, 3.8) is 0 Å². The number of ketones is 1. The van der Waals surface area contributed by atoms with Crippen molar-refractivity contribution in [1.29, 1.82) is 0 Å². The van der Waals surface area contributed by atoms with Gasteiger partial charge < -0.3 is 0 Å². The fraction of sp³-hybridized carbons (Fsp3) is 0.182. The zero-order valence-corrected chi connectivity index (χ0v) is 13.9. The van der Waals surface area contributed by atoms with E-state index in [1.807, 2.05) is 73.8 Å². The first-order chi connectivity index (χ1) is 11.7. The minimum atomic E-state index is -0.142. The Balaban J connectivity index is 1.83. The van der Waals surface area contributed by atoms with Gasteiger partial charge in [-0.3, -0.25) is 9.78 Å². The molecule has 3 rings (SSSR count). The second-order valence-corrected chi connectivity index (χ2v) is 6.12. The molecule has 0 amide bonds. The molecule has 1 aromatic heterocycles. The second kappa shape index (κ2) is 7.69. The lowest BCUT2D eigenvalue weighted by Gasteiger charge is -2.16. The van der Waals surface area contributed by atoms with Gasteiger partial charge in [0.2, 0.25) is 0 Å². The third-order valence-electron chi connectivity index (χ3n) is 4.20. The molecule has 1 atom stereocenters. The normalized spacial score (nSPS) is 11.9. The molecule has 2 heteroatoms. The van der Waals surface area contributed by atoms with Crippen LogP contribution < -0.4 is 0 Å². The van der Waals surface area contributed by atoms with Crippen LogP contribution in [0.25, 0.3) is 0 Å². The molecule has 0 spiro atoms. The van der Waals surface area contributed by atoms with Crippen LogP contribution in [0.2, 0.25) is 0 Å². The maximum Gasteiger partial charge on any atom is 0.146 e. The summed E-state index contributed by atoms with van der Waals surface area (Å²) in [6.45, 7) is 2.00. The number of aromatic nitrogens is 1. The number of carbonyl (C=O) groups is 1. The van der Waals surface area contributed by atoms with Crippen LogP contribution in [0.5, 0.6) is 0 Å². The fourth-order valence-corrected chi connectivity index (χ4v) is 2.86.